The summed E-state index contributed by atoms with van der Waals surface area (Å²) in [5.41, 5.74) is 8.10. The molecule has 118 valence electrons. The summed E-state index contributed by atoms with van der Waals surface area (Å²) in [7, 11) is 0. The second-order valence-corrected chi connectivity index (χ2v) is 5.16. The first-order valence-corrected chi connectivity index (χ1v) is 6.87. The van der Waals surface area contributed by atoms with E-state index in [0.717, 1.165) is 30.6 Å². The van der Waals surface area contributed by atoms with E-state index < -0.39 is 11.9 Å². The number of aromatic nitrogens is 2. The van der Waals surface area contributed by atoms with Crippen LogP contribution in [-0.2, 0) is 0 Å². The van der Waals surface area contributed by atoms with Crippen LogP contribution in [-0.4, -0.2) is 40.3 Å². The summed E-state index contributed by atoms with van der Waals surface area (Å²) in [6.07, 6.45) is 7.51. The van der Waals surface area contributed by atoms with E-state index in [0.29, 0.717) is 5.69 Å². The lowest BCUT2D eigenvalue weighted by molar-refractivity contribution is 0.0696. The van der Waals surface area contributed by atoms with Gasteiger partial charge in [0, 0.05) is 17.7 Å². The van der Waals surface area contributed by atoms with Crippen molar-refractivity contribution in [1.82, 2.24) is 15.5 Å². The van der Waals surface area contributed by atoms with Gasteiger partial charge in [0.15, 0.2) is 0 Å². The number of nitrogens with one attached hydrogen (secondary N) is 1. The highest BCUT2D eigenvalue weighted by atomic mass is 35.5. The molecule has 2 atom stereocenters. The Morgan fingerprint density at radius 1 is 1.45 bits per heavy atom. The molecule has 2 unspecified atom stereocenters. The first-order valence-electron chi connectivity index (χ1n) is 6.87. The van der Waals surface area contributed by atoms with Crippen LogP contribution in [0.1, 0.15) is 17.7 Å². The van der Waals surface area contributed by atoms with E-state index in [1.54, 1.807) is 24.4 Å². The maximum Gasteiger partial charge on any atom is 0.216 e. The third-order valence-electron chi connectivity index (χ3n) is 3.79. The van der Waals surface area contributed by atoms with E-state index in [9.17, 15) is 9.50 Å². The number of nitrogens with two attached hydrogens (primary N) is 1. The van der Waals surface area contributed by atoms with Crippen LogP contribution >= 0.6 is 12.4 Å². The van der Waals surface area contributed by atoms with Crippen LogP contribution in [0, 0.1) is 0 Å². The van der Waals surface area contributed by atoms with Gasteiger partial charge in [-0.25, -0.2) is 4.39 Å². The van der Waals surface area contributed by atoms with Crippen molar-refractivity contribution in [3.63, 3.8) is 0 Å². The van der Waals surface area contributed by atoms with Crippen LogP contribution in [0.25, 0.3) is 11.1 Å². The molecular weight excluding hydrogens is 307 g/mol. The molecular formula is C15H18ClFN4O. The Hall–Kier alpha value is -1.60. The van der Waals surface area contributed by atoms with Gasteiger partial charge in [-0.2, -0.15) is 10.2 Å². The Kier molecular flexibility index (Phi) is 5.08. The quantitative estimate of drug-likeness (QED) is 0.712. The van der Waals surface area contributed by atoms with Crippen LogP contribution in [0.5, 0.6) is 0 Å². The number of aliphatic hydroxyl groups excluding tert-OH is 1. The summed E-state index contributed by atoms with van der Waals surface area (Å²) >= 11 is 0. The van der Waals surface area contributed by atoms with Crippen LogP contribution in [0.2, 0.25) is 0 Å². The summed E-state index contributed by atoms with van der Waals surface area (Å²) < 4.78 is 14.7. The van der Waals surface area contributed by atoms with Gasteiger partial charge in [-0.05, 0) is 24.6 Å². The fourth-order valence-electron chi connectivity index (χ4n) is 2.60. The minimum Gasteiger partial charge on any atom is -0.384 e. The van der Waals surface area contributed by atoms with Gasteiger partial charge in [0.05, 0.1) is 6.20 Å². The molecule has 1 aliphatic carbocycles. The van der Waals surface area contributed by atoms with Gasteiger partial charge in [-0.1, -0.05) is 24.3 Å². The lowest BCUT2D eigenvalue weighted by Crippen LogP contribution is -2.48. The Bertz CT molecular complexity index is 642. The van der Waals surface area contributed by atoms with E-state index in [4.69, 9.17) is 5.73 Å². The highest BCUT2D eigenvalue weighted by molar-refractivity contribution is 5.85. The van der Waals surface area contributed by atoms with Gasteiger partial charge in [0.2, 0.25) is 5.79 Å². The molecule has 5 nitrogen and oxygen atoms in total. The van der Waals surface area contributed by atoms with Crippen molar-refractivity contribution in [3.8, 4) is 0 Å². The lowest BCUT2D eigenvalue weighted by Gasteiger charge is -2.30. The zero-order valence-corrected chi connectivity index (χ0v) is 12.7. The minimum atomic E-state index is -2.37. The van der Waals surface area contributed by atoms with Gasteiger partial charge in [0.25, 0.3) is 0 Å². The number of hydrogen-bond acceptors (Lipinski definition) is 5. The van der Waals surface area contributed by atoms with Crippen molar-refractivity contribution in [1.29, 1.82) is 0 Å². The fourth-order valence-corrected chi connectivity index (χ4v) is 2.60. The van der Waals surface area contributed by atoms with E-state index in [1.165, 1.54) is 6.08 Å². The topological polar surface area (TPSA) is 84.1 Å². The van der Waals surface area contributed by atoms with Crippen molar-refractivity contribution >= 4 is 23.6 Å². The van der Waals surface area contributed by atoms with Crippen molar-refractivity contribution in [3.05, 3.63) is 47.8 Å². The number of hydrogen-bond donors (Lipinski definition) is 3. The molecule has 1 aromatic heterocycles. The van der Waals surface area contributed by atoms with Crippen LogP contribution in [0.15, 0.2) is 36.6 Å². The van der Waals surface area contributed by atoms with Crippen LogP contribution in [0.4, 0.5) is 4.39 Å². The van der Waals surface area contributed by atoms with Crippen LogP contribution < -0.4 is 11.1 Å². The molecule has 7 heteroatoms. The Morgan fingerprint density at radius 3 is 3.00 bits per heavy atom. The van der Waals surface area contributed by atoms with Gasteiger partial charge >= 0.3 is 0 Å². The Labute approximate surface area is 134 Å². The van der Waals surface area contributed by atoms with Gasteiger partial charge in [-0.15, -0.1) is 12.4 Å². The Morgan fingerprint density at radius 2 is 2.27 bits per heavy atom. The largest absolute Gasteiger partial charge is 0.384 e. The molecule has 0 radical (unpaired) electrons. The molecule has 0 saturated carbocycles. The molecule has 0 aromatic carbocycles. The second kappa shape index (κ2) is 6.66. The predicted octanol–water partition coefficient (Wildman–Crippen LogP) is 1.21. The summed E-state index contributed by atoms with van der Waals surface area (Å²) in [4.78, 5) is 0. The number of alkyl halides is 1. The number of rotatable bonds is 2. The van der Waals surface area contributed by atoms with Crippen molar-refractivity contribution in [2.75, 3.05) is 13.1 Å². The molecule has 2 heterocycles. The van der Waals surface area contributed by atoms with E-state index in [2.05, 4.69) is 21.6 Å². The second-order valence-electron chi connectivity index (χ2n) is 5.16. The summed E-state index contributed by atoms with van der Waals surface area (Å²) in [5, 5.41) is 20.9. The number of allylic oxidation sites excluding steroid dienone is 2. The normalized spacial score (nSPS) is 27.7. The third kappa shape index (κ3) is 2.96. The summed E-state index contributed by atoms with van der Waals surface area (Å²) in [5.74, 6) is -2.37. The number of halogens is 2. The molecule has 2 aliphatic rings. The molecule has 1 aliphatic heterocycles. The number of aliphatic hydroxyl groups is 1. The maximum absolute atomic E-state index is 14.7. The molecule has 0 spiro atoms. The molecule has 0 bridgehead atoms. The summed E-state index contributed by atoms with van der Waals surface area (Å²) in [6, 6.07) is 1.81. The van der Waals surface area contributed by atoms with Crippen molar-refractivity contribution < 1.29 is 9.50 Å². The molecule has 22 heavy (non-hydrogen) atoms. The van der Waals surface area contributed by atoms with Gasteiger partial charge in [0.1, 0.15) is 11.8 Å². The SMILES string of the molecule is Cl.NC1(F)C(c2nnccc2C2=CCNCC2)=CC=CC1O. The molecule has 0 amide bonds. The molecule has 3 rings (SSSR count). The first-order chi connectivity index (χ1) is 10.1. The van der Waals surface area contributed by atoms with E-state index in [-0.39, 0.29) is 18.0 Å². The maximum atomic E-state index is 14.7. The monoisotopic (exact) mass is 324 g/mol. The number of nitrogens with zero attached hydrogens (tertiary/aromatic N) is 2. The van der Waals surface area contributed by atoms with Crippen molar-refractivity contribution in [2.45, 2.75) is 18.3 Å². The molecule has 4 N–H and O–H groups in total. The highest BCUT2D eigenvalue weighted by Gasteiger charge is 2.40. The van der Waals surface area contributed by atoms with E-state index in [1.807, 2.05) is 0 Å². The van der Waals surface area contributed by atoms with Gasteiger partial charge in [-0.3, -0.25) is 5.73 Å². The average molecular weight is 325 g/mol. The average Bonchev–Trinajstić information content (AvgIpc) is 2.51. The smallest absolute Gasteiger partial charge is 0.216 e. The van der Waals surface area contributed by atoms with Gasteiger partial charge < -0.3 is 10.4 Å². The minimum absolute atomic E-state index is 0. The molecule has 1 aromatic rings. The fraction of sp³-hybridized carbons (Fsp3) is 0.333. The standard InChI is InChI=1S/C15H17FN4O.ClH/c16-15(17)12(2-1-3-13(15)21)14-11(6-9-19-20-14)10-4-7-18-8-5-10;/h1-4,6,9,13,18,21H,5,7-8,17H2;1H. The molecule has 0 saturated heterocycles. The Balaban J connectivity index is 0.00000176. The van der Waals surface area contributed by atoms with Crippen LogP contribution in [0.3, 0.4) is 0 Å². The molecule has 0 fully saturated rings. The first kappa shape index (κ1) is 16.8. The zero-order valence-electron chi connectivity index (χ0n) is 11.9. The summed E-state index contributed by atoms with van der Waals surface area (Å²) in [6.45, 7) is 1.63. The predicted molar refractivity (Wildman–Crippen MR) is 85.9 cm³/mol. The zero-order chi connectivity index (χ0) is 14.9. The van der Waals surface area contributed by atoms with Crippen molar-refractivity contribution in [2.24, 2.45) is 5.73 Å². The lowest BCUT2D eigenvalue weighted by atomic mass is 9.87. The highest BCUT2D eigenvalue weighted by Crippen LogP contribution is 2.36. The van der Waals surface area contributed by atoms with E-state index >= 15 is 0 Å². The third-order valence-corrected chi connectivity index (χ3v) is 3.79.